The lowest BCUT2D eigenvalue weighted by Gasteiger charge is -2.25. The van der Waals surface area contributed by atoms with Crippen LogP contribution < -0.4 is 10.1 Å². The molecule has 1 aliphatic carbocycles. The number of hydrogen-bond donors (Lipinski definition) is 1. The van der Waals surface area contributed by atoms with Crippen LogP contribution in [0.25, 0.3) is 0 Å². The van der Waals surface area contributed by atoms with Gasteiger partial charge in [-0.1, -0.05) is 12.1 Å². The molecule has 154 valence electrons. The fraction of sp³-hybridized carbons (Fsp3) is 0.455. The van der Waals surface area contributed by atoms with E-state index in [4.69, 9.17) is 9.47 Å². The molecule has 6 nitrogen and oxygen atoms in total. The Kier molecular flexibility index (Phi) is 6.46. The van der Waals surface area contributed by atoms with Crippen LogP contribution in [0.1, 0.15) is 30.6 Å². The van der Waals surface area contributed by atoms with Gasteiger partial charge in [-0.3, -0.25) is 9.59 Å². The van der Waals surface area contributed by atoms with Crippen LogP contribution in [-0.2, 0) is 20.9 Å². The van der Waals surface area contributed by atoms with E-state index in [2.05, 4.69) is 5.32 Å². The van der Waals surface area contributed by atoms with Crippen molar-refractivity contribution < 1.29 is 19.1 Å². The zero-order valence-electron chi connectivity index (χ0n) is 16.3. The zero-order valence-corrected chi connectivity index (χ0v) is 17.2. The van der Waals surface area contributed by atoms with Crippen molar-refractivity contribution in [2.45, 2.75) is 38.3 Å². The molecule has 4 rings (SSSR count). The topological polar surface area (TPSA) is 67.9 Å². The van der Waals surface area contributed by atoms with Crippen molar-refractivity contribution in [3.05, 3.63) is 46.7 Å². The van der Waals surface area contributed by atoms with Gasteiger partial charge in [-0.15, -0.1) is 11.3 Å². The Balaban J connectivity index is 1.34. The van der Waals surface area contributed by atoms with Crippen molar-refractivity contribution in [3.63, 3.8) is 0 Å². The number of rotatable bonds is 9. The van der Waals surface area contributed by atoms with Crippen molar-refractivity contribution in [1.29, 1.82) is 0 Å². The molecule has 1 atom stereocenters. The summed E-state index contributed by atoms with van der Waals surface area (Å²) in [5.74, 6) is 0.697. The largest absolute Gasteiger partial charge is 0.484 e. The summed E-state index contributed by atoms with van der Waals surface area (Å²) in [5.41, 5.74) is 0.696. The lowest BCUT2D eigenvalue weighted by atomic mass is 10.2. The van der Waals surface area contributed by atoms with Crippen LogP contribution in [-0.4, -0.2) is 42.6 Å². The summed E-state index contributed by atoms with van der Waals surface area (Å²) >= 11 is 1.64. The second-order valence-corrected chi connectivity index (χ2v) is 8.60. The molecular weight excluding hydrogens is 388 g/mol. The molecule has 7 heteroatoms. The van der Waals surface area contributed by atoms with Crippen molar-refractivity contribution in [2.75, 3.05) is 25.1 Å². The molecule has 2 amide bonds. The van der Waals surface area contributed by atoms with Gasteiger partial charge < -0.3 is 19.7 Å². The second-order valence-electron chi connectivity index (χ2n) is 7.57. The van der Waals surface area contributed by atoms with Crippen LogP contribution in [0.15, 0.2) is 41.8 Å². The van der Waals surface area contributed by atoms with Gasteiger partial charge in [0.1, 0.15) is 5.75 Å². The average Bonchev–Trinajstić information content (AvgIpc) is 3.21. The number of anilines is 1. The summed E-state index contributed by atoms with van der Waals surface area (Å²) in [6, 6.07) is 11.2. The third kappa shape index (κ3) is 5.81. The van der Waals surface area contributed by atoms with Gasteiger partial charge in [-0.05, 0) is 49.3 Å². The number of hydrogen-bond acceptors (Lipinski definition) is 5. The maximum atomic E-state index is 12.9. The number of thiophene rings is 1. The number of benzene rings is 1. The third-order valence-corrected chi connectivity index (χ3v) is 6.00. The molecule has 0 radical (unpaired) electrons. The first-order valence-electron chi connectivity index (χ1n) is 10.1. The van der Waals surface area contributed by atoms with Gasteiger partial charge in [0.05, 0.1) is 12.6 Å². The standard InChI is InChI=1S/C22H26N2O4S/c25-21(24(13-19-6-2-10-27-19)14-20-7-3-11-29-20)15-28-18-5-1-4-17(12-18)23-22(26)16-8-9-16/h1,3-5,7,11-12,16,19H,2,6,8-10,13-15H2,(H,23,26). The molecular formula is C22H26N2O4S. The first-order valence-corrected chi connectivity index (χ1v) is 11.0. The van der Waals surface area contributed by atoms with Crippen LogP contribution in [0.3, 0.4) is 0 Å². The van der Waals surface area contributed by atoms with Crippen LogP contribution >= 0.6 is 11.3 Å². The first-order chi connectivity index (χ1) is 14.2. The maximum Gasteiger partial charge on any atom is 0.260 e. The highest BCUT2D eigenvalue weighted by atomic mass is 32.1. The minimum atomic E-state index is -0.0682. The molecule has 0 spiro atoms. The Morgan fingerprint density at radius 3 is 2.83 bits per heavy atom. The lowest BCUT2D eigenvalue weighted by molar-refractivity contribution is -0.135. The molecule has 2 fully saturated rings. The van der Waals surface area contributed by atoms with Gasteiger partial charge in [0.25, 0.3) is 5.91 Å². The second kappa shape index (κ2) is 9.41. The van der Waals surface area contributed by atoms with E-state index in [1.807, 2.05) is 34.5 Å². The summed E-state index contributed by atoms with van der Waals surface area (Å²) in [5, 5.41) is 4.92. The van der Waals surface area contributed by atoms with Gasteiger partial charge in [0, 0.05) is 35.7 Å². The van der Waals surface area contributed by atoms with E-state index in [1.165, 1.54) is 0 Å². The maximum absolute atomic E-state index is 12.9. The Hall–Kier alpha value is -2.38. The number of carbonyl (C=O) groups is 2. The molecule has 1 saturated heterocycles. The number of amides is 2. The minimum absolute atomic E-state index is 0.0435. The zero-order chi connectivity index (χ0) is 20.1. The van der Waals surface area contributed by atoms with Crippen LogP contribution in [0.2, 0.25) is 0 Å². The van der Waals surface area contributed by atoms with Crippen molar-refractivity contribution in [3.8, 4) is 5.75 Å². The molecule has 2 aromatic rings. The quantitative estimate of drug-likeness (QED) is 0.680. The predicted octanol–water partition coefficient (Wildman–Crippen LogP) is 3.68. The summed E-state index contributed by atoms with van der Waals surface area (Å²) in [7, 11) is 0. The highest BCUT2D eigenvalue weighted by molar-refractivity contribution is 7.09. The molecule has 1 N–H and O–H groups in total. The monoisotopic (exact) mass is 414 g/mol. The van der Waals surface area contributed by atoms with E-state index in [1.54, 1.807) is 23.5 Å². The van der Waals surface area contributed by atoms with E-state index >= 15 is 0 Å². The molecule has 0 bridgehead atoms. The van der Waals surface area contributed by atoms with Gasteiger partial charge >= 0.3 is 0 Å². The van der Waals surface area contributed by atoms with Gasteiger partial charge in [-0.2, -0.15) is 0 Å². The van der Waals surface area contributed by atoms with E-state index in [-0.39, 0.29) is 30.4 Å². The van der Waals surface area contributed by atoms with Gasteiger partial charge in [-0.25, -0.2) is 0 Å². The third-order valence-electron chi connectivity index (χ3n) is 5.14. The SMILES string of the molecule is O=C(Nc1cccc(OCC(=O)N(Cc2cccs2)CC2CCCO2)c1)C1CC1. The normalized spacial score (nSPS) is 18.4. The first kappa shape index (κ1) is 19.9. The molecule has 29 heavy (non-hydrogen) atoms. The van der Waals surface area contributed by atoms with Crippen molar-refractivity contribution in [1.82, 2.24) is 4.90 Å². The van der Waals surface area contributed by atoms with Crippen LogP contribution in [0.4, 0.5) is 5.69 Å². The summed E-state index contributed by atoms with van der Waals surface area (Å²) < 4.78 is 11.5. The van der Waals surface area contributed by atoms with E-state index < -0.39 is 0 Å². The number of carbonyl (C=O) groups excluding carboxylic acids is 2. The average molecular weight is 415 g/mol. The molecule has 2 heterocycles. The summed E-state index contributed by atoms with van der Waals surface area (Å²) in [4.78, 5) is 27.8. The van der Waals surface area contributed by atoms with Gasteiger partial charge in [0.15, 0.2) is 6.61 Å². The molecule has 1 saturated carbocycles. The number of ether oxygens (including phenoxy) is 2. The Morgan fingerprint density at radius 1 is 1.21 bits per heavy atom. The number of nitrogens with one attached hydrogen (secondary N) is 1. The minimum Gasteiger partial charge on any atom is -0.484 e. The predicted molar refractivity (Wildman–Crippen MR) is 112 cm³/mol. The Bertz CT molecular complexity index is 829. The summed E-state index contributed by atoms with van der Waals surface area (Å²) in [6.45, 7) is 1.87. The fourth-order valence-electron chi connectivity index (χ4n) is 3.37. The van der Waals surface area contributed by atoms with Crippen LogP contribution in [0, 0.1) is 5.92 Å². The molecule has 2 aliphatic rings. The summed E-state index contributed by atoms with van der Waals surface area (Å²) in [6.07, 6.45) is 4.04. The Labute approximate surface area is 174 Å². The van der Waals surface area contributed by atoms with Crippen LogP contribution in [0.5, 0.6) is 5.75 Å². The van der Waals surface area contributed by atoms with Crippen molar-refractivity contribution in [2.24, 2.45) is 5.92 Å². The lowest BCUT2D eigenvalue weighted by Crippen LogP contribution is -2.39. The van der Waals surface area contributed by atoms with E-state index in [9.17, 15) is 9.59 Å². The molecule has 1 aromatic carbocycles. The van der Waals surface area contributed by atoms with Gasteiger partial charge in [0.2, 0.25) is 5.91 Å². The molecule has 1 unspecified atom stereocenters. The molecule has 1 aromatic heterocycles. The van der Waals surface area contributed by atoms with E-state index in [0.717, 1.165) is 37.2 Å². The smallest absolute Gasteiger partial charge is 0.260 e. The molecule has 1 aliphatic heterocycles. The number of nitrogens with zero attached hydrogens (tertiary/aromatic N) is 1. The Morgan fingerprint density at radius 2 is 2.10 bits per heavy atom. The van der Waals surface area contributed by atoms with Crippen molar-refractivity contribution >= 4 is 28.8 Å². The van der Waals surface area contributed by atoms with E-state index in [0.29, 0.717) is 24.5 Å². The highest BCUT2D eigenvalue weighted by Gasteiger charge is 2.29. The highest BCUT2D eigenvalue weighted by Crippen LogP contribution is 2.30. The fourth-order valence-corrected chi connectivity index (χ4v) is 4.09.